The van der Waals surface area contributed by atoms with Crippen LogP contribution in [0.25, 0.3) is 0 Å². The van der Waals surface area contributed by atoms with Gasteiger partial charge in [0.2, 0.25) is 11.7 Å². The Morgan fingerprint density at radius 2 is 2.16 bits per heavy atom. The van der Waals surface area contributed by atoms with Crippen molar-refractivity contribution in [1.29, 1.82) is 0 Å². The maximum absolute atomic E-state index is 13.4. The van der Waals surface area contributed by atoms with Gasteiger partial charge < -0.3 is 4.74 Å². The number of rotatable bonds is 3. The molecule has 0 amide bonds. The van der Waals surface area contributed by atoms with E-state index in [2.05, 4.69) is 20.9 Å². The number of nitro benzene ring substituents is 1. The zero-order chi connectivity index (χ0) is 14.0. The third-order valence-electron chi connectivity index (χ3n) is 2.38. The molecule has 7 heteroatoms. The number of aromatic nitrogens is 1. The SMILES string of the molecule is Cc1ccnc(Oc2ccc([N+](=O)[O-])c(F)c2)c1Br. The van der Waals surface area contributed by atoms with Crippen LogP contribution >= 0.6 is 15.9 Å². The first-order valence-corrected chi connectivity index (χ1v) is 6.01. The Bertz CT molecular complexity index is 649. The molecule has 0 aliphatic heterocycles. The van der Waals surface area contributed by atoms with E-state index in [4.69, 9.17) is 4.74 Å². The topological polar surface area (TPSA) is 65.3 Å². The van der Waals surface area contributed by atoms with Gasteiger partial charge in [0.25, 0.3) is 0 Å². The monoisotopic (exact) mass is 326 g/mol. The van der Waals surface area contributed by atoms with Crippen LogP contribution in [-0.2, 0) is 0 Å². The highest BCUT2D eigenvalue weighted by Gasteiger charge is 2.15. The molecule has 0 N–H and O–H groups in total. The van der Waals surface area contributed by atoms with Crippen molar-refractivity contribution in [1.82, 2.24) is 4.98 Å². The van der Waals surface area contributed by atoms with Gasteiger partial charge in [-0.1, -0.05) is 0 Å². The van der Waals surface area contributed by atoms with Gasteiger partial charge in [0.15, 0.2) is 0 Å². The Hall–Kier alpha value is -2.02. The van der Waals surface area contributed by atoms with Gasteiger partial charge in [-0.3, -0.25) is 10.1 Å². The summed E-state index contributed by atoms with van der Waals surface area (Å²) in [6.45, 7) is 1.86. The van der Waals surface area contributed by atoms with Crippen LogP contribution in [0.5, 0.6) is 11.6 Å². The van der Waals surface area contributed by atoms with Crippen LogP contribution in [0.2, 0.25) is 0 Å². The van der Waals surface area contributed by atoms with Crippen LogP contribution < -0.4 is 4.74 Å². The molecular weight excluding hydrogens is 319 g/mol. The van der Waals surface area contributed by atoms with E-state index in [1.807, 2.05) is 6.92 Å². The Morgan fingerprint density at radius 1 is 1.42 bits per heavy atom. The number of aryl methyl sites for hydroxylation is 1. The molecule has 0 fully saturated rings. The lowest BCUT2D eigenvalue weighted by Crippen LogP contribution is -1.95. The number of nitro groups is 1. The second-order valence-electron chi connectivity index (χ2n) is 3.72. The smallest absolute Gasteiger partial charge is 0.305 e. The third-order valence-corrected chi connectivity index (χ3v) is 3.35. The molecule has 0 aliphatic rings. The molecule has 98 valence electrons. The number of pyridine rings is 1. The highest BCUT2D eigenvalue weighted by molar-refractivity contribution is 9.10. The normalized spacial score (nSPS) is 10.3. The van der Waals surface area contributed by atoms with E-state index >= 15 is 0 Å². The second kappa shape index (κ2) is 5.31. The first-order chi connectivity index (χ1) is 8.99. The lowest BCUT2D eigenvalue weighted by atomic mass is 10.3. The minimum atomic E-state index is -0.953. The third kappa shape index (κ3) is 2.87. The molecule has 0 atom stereocenters. The summed E-state index contributed by atoms with van der Waals surface area (Å²) >= 11 is 3.30. The van der Waals surface area contributed by atoms with Gasteiger partial charge in [0.05, 0.1) is 9.40 Å². The van der Waals surface area contributed by atoms with Crippen molar-refractivity contribution in [2.24, 2.45) is 0 Å². The highest BCUT2D eigenvalue weighted by atomic mass is 79.9. The van der Waals surface area contributed by atoms with Gasteiger partial charge in [-0.25, -0.2) is 4.98 Å². The maximum atomic E-state index is 13.4. The number of nitrogens with zero attached hydrogens (tertiary/aromatic N) is 2. The van der Waals surface area contributed by atoms with Gasteiger partial charge in [-0.15, -0.1) is 0 Å². The van der Waals surface area contributed by atoms with Crippen LogP contribution in [0.15, 0.2) is 34.9 Å². The number of halogens is 2. The molecule has 1 heterocycles. The van der Waals surface area contributed by atoms with E-state index in [0.29, 0.717) is 4.47 Å². The van der Waals surface area contributed by atoms with Crippen molar-refractivity contribution in [3.8, 4) is 11.6 Å². The van der Waals surface area contributed by atoms with Crippen LogP contribution in [0.1, 0.15) is 5.56 Å². The van der Waals surface area contributed by atoms with Crippen molar-refractivity contribution in [2.45, 2.75) is 6.92 Å². The minimum absolute atomic E-state index is 0.141. The average molecular weight is 327 g/mol. The van der Waals surface area contributed by atoms with E-state index < -0.39 is 16.4 Å². The van der Waals surface area contributed by atoms with Gasteiger partial charge in [0.1, 0.15) is 5.75 Å². The van der Waals surface area contributed by atoms with Gasteiger partial charge >= 0.3 is 5.69 Å². The van der Waals surface area contributed by atoms with E-state index in [1.54, 1.807) is 12.3 Å². The van der Waals surface area contributed by atoms with Crippen LogP contribution in [0.3, 0.4) is 0 Å². The molecule has 2 aromatic rings. The Balaban J connectivity index is 2.32. The van der Waals surface area contributed by atoms with Gasteiger partial charge in [0, 0.05) is 18.3 Å². The molecule has 19 heavy (non-hydrogen) atoms. The fourth-order valence-electron chi connectivity index (χ4n) is 1.40. The van der Waals surface area contributed by atoms with Gasteiger partial charge in [-0.2, -0.15) is 4.39 Å². The summed E-state index contributed by atoms with van der Waals surface area (Å²) in [5, 5.41) is 10.5. The van der Waals surface area contributed by atoms with E-state index in [0.717, 1.165) is 17.7 Å². The van der Waals surface area contributed by atoms with Crippen molar-refractivity contribution >= 4 is 21.6 Å². The Labute approximate surface area is 116 Å². The summed E-state index contributed by atoms with van der Waals surface area (Å²) in [6.07, 6.45) is 1.55. The standard InChI is InChI=1S/C12H8BrFN2O3/c1-7-4-5-15-12(11(7)13)19-8-2-3-10(16(17)18)9(14)6-8/h2-6H,1H3. The second-order valence-corrected chi connectivity index (χ2v) is 4.51. The molecule has 0 saturated heterocycles. The van der Waals surface area contributed by atoms with Crippen molar-refractivity contribution < 1.29 is 14.1 Å². The lowest BCUT2D eigenvalue weighted by Gasteiger charge is -2.07. The number of hydrogen-bond donors (Lipinski definition) is 0. The molecule has 5 nitrogen and oxygen atoms in total. The predicted molar refractivity (Wildman–Crippen MR) is 69.8 cm³/mol. The molecular formula is C12H8BrFN2O3. The molecule has 1 aromatic carbocycles. The quantitative estimate of drug-likeness (QED) is 0.631. The molecule has 2 rings (SSSR count). The molecule has 0 saturated carbocycles. The largest absolute Gasteiger partial charge is 0.438 e. The summed E-state index contributed by atoms with van der Waals surface area (Å²) in [5.41, 5.74) is 0.316. The van der Waals surface area contributed by atoms with Crippen molar-refractivity contribution in [3.05, 3.63) is 56.4 Å². The minimum Gasteiger partial charge on any atom is -0.438 e. The summed E-state index contributed by atoms with van der Waals surface area (Å²) in [6, 6.07) is 5.11. The maximum Gasteiger partial charge on any atom is 0.305 e. The first-order valence-electron chi connectivity index (χ1n) is 5.22. The molecule has 0 spiro atoms. The zero-order valence-corrected chi connectivity index (χ0v) is 11.3. The fraction of sp³-hybridized carbons (Fsp3) is 0.0833. The summed E-state index contributed by atoms with van der Waals surface area (Å²) in [4.78, 5) is 13.7. The van der Waals surface area contributed by atoms with E-state index in [1.165, 1.54) is 6.07 Å². The van der Waals surface area contributed by atoms with E-state index in [-0.39, 0.29) is 11.6 Å². The lowest BCUT2D eigenvalue weighted by molar-refractivity contribution is -0.387. The molecule has 0 aliphatic carbocycles. The first kappa shape index (κ1) is 13.4. The van der Waals surface area contributed by atoms with Gasteiger partial charge in [-0.05, 0) is 40.5 Å². The summed E-state index contributed by atoms with van der Waals surface area (Å²) in [7, 11) is 0. The summed E-state index contributed by atoms with van der Waals surface area (Å²) in [5.74, 6) is -0.540. The Morgan fingerprint density at radius 3 is 2.79 bits per heavy atom. The van der Waals surface area contributed by atoms with Crippen molar-refractivity contribution in [3.63, 3.8) is 0 Å². The number of benzene rings is 1. The zero-order valence-electron chi connectivity index (χ0n) is 9.76. The highest BCUT2D eigenvalue weighted by Crippen LogP contribution is 2.31. The molecule has 1 aromatic heterocycles. The Kier molecular flexibility index (Phi) is 3.75. The van der Waals surface area contributed by atoms with Crippen LogP contribution in [0.4, 0.5) is 10.1 Å². The average Bonchev–Trinajstić information content (AvgIpc) is 2.34. The molecule has 0 unspecified atom stereocenters. The molecule has 0 bridgehead atoms. The fourth-order valence-corrected chi connectivity index (χ4v) is 1.71. The van der Waals surface area contributed by atoms with E-state index in [9.17, 15) is 14.5 Å². The van der Waals surface area contributed by atoms with Crippen LogP contribution in [0, 0.1) is 22.9 Å². The number of hydrogen-bond acceptors (Lipinski definition) is 4. The van der Waals surface area contributed by atoms with Crippen LogP contribution in [-0.4, -0.2) is 9.91 Å². The number of ether oxygens (including phenoxy) is 1. The summed E-state index contributed by atoms with van der Waals surface area (Å²) < 4.78 is 19.5. The predicted octanol–water partition coefficient (Wildman–Crippen LogP) is 3.99. The molecule has 0 radical (unpaired) electrons. The van der Waals surface area contributed by atoms with Crippen molar-refractivity contribution in [2.75, 3.05) is 0 Å².